The van der Waals surface area contributed by atoms with E-state index in [1.165, 1.54) is 6.07 Å². The quantitative estimate of drug-likeness (QED) is 0.601. The monoisotopic (exact) mass is 387 g/mol. The van der Waals surface area contributed by atoms with E-state index in [1.807, 2.05) is 18.2 Å². The van der Waals surface area contributed by atoms with Crippen molar-refractivity contribution in [3.63, 3.8) is 0 Å². The summed E-state index contributed by atoms with van der Waals surface area (Å²) in [4.78, 5) is 0. The Morgan fingerprint density at radius 3 is 2.42 bits per heavy atom. The van der Waals surface area contributed by atoms with Crippen LogP contribution in [-0.2, 0) is 6.54 Å². The molecule has 0 bridgehead atoms. The second kappa shape index (κ2) is 5.71. The Hall–Kier alpha value is -1.40. The van der Waals surface area contributed by atoms with Gasteiger partial charge >= 0.3 is 0 Å². The molecule has 0 fully saturated rings. The largest absolute Gasteiger partial charge is 0.504 e. The van der Waals surface area contributed by atoms with Crippen LogP contribution in [0.5, 0.6) is 17.2 Å². The summed E-state index contributed by atoms with van der Waals surface area (Å²) in [6.45, 7) is 0.314. The summed E-state index contributed by atoms with van der Waals surface area (Å²) in [5.41, 5.74) is 1.34. The van der Waals surface area contributed by atoms with Gasteiger partial charge in [-0.2, -0.15) is 0 Å². The lowest BCUT2D eigenvalue weighted by Crippen LogP contribution is -2.00. The Morgan fingerprint density at radius 1 is 0.947 bits per heavy atom. The molecule has 19 heavy (non-hydrogen) atoms. The zero-order valence-corrected chi connectivity index (χ0v) is 12.9. The van der Waals surface area contributed by atoms with Crippen molar-refractivity contribution in [1.29, 1.82) is 0 Å². The van der Waals surface area contributed by atoms with E-state index in [4.69, 9.17) is 0 Å². The molecule has 0 aliphatic carbocycles. The summed E-state index contributed by atoms with van der Waals surface area (Å²) < 4.78 is 1.81. The molecule has 0 aliphatic heterocycles. The van der Waals surface area contributed by atoms with Gasteiger partial charge in [-0.1, -0.05) is 15.9 Å². The zero-order valence-electron chi connectivity index (χ0n) is 9.69. The number of nitrogens with one attached hydrogen (secondary N) is 1. The molecule has 0 saturated heterocycles. The van der Waals surface area contributed by atoms with Crippen molar-refractivity contribution in [2.75, 3.05) is 5.32 Å². The van der Waals surface area contributed by atoms with Crippen molar-refractivity contribution in [3.8, 4) is 17.2 Å². The third-order valence-corrected chi connectivity index (χ3v) is 3.80. The number of rotatable bonds is 3. The molecule has 2 aromatic carbocycles. The van der Waals surface area contributed by atoms with Gasteiger partial charge in [-0.05, 0) is 46.3 Å². The minimum absolute atomic E-state index is 0.314. The van der Waals surface area contributed by atoms with E-state index in [0.717, 1.165) is 14.6 Å². The van der Waals surface area contributed by atoms with Crippen molar-refractivity contribution in [2.24, 2.45) is 0 Å². The van der Waals surface area contributed by atoms with E-state index in [-0.39, 0.29) is 11.5 Å². The van der Waals surface area contributed by atoms with Gasteiger partial charge in [0.05, 0.1) is 0 Å². The van der Waals surface area contributed by atoms with Gasteiger partial charge in [-0.15, -0.1) is 0 Å². The van der Waals surface area contributed by atoms with E-state index in [1.54, 1.807) is 6.07 Å². The number of hydrogen-bond donors (Lipinski definition) is 4. The van der Waals surface area contributed by atoms with Gasteiger partial charge in [0, 0.05) is 26.7 Å². The lowest BCUT2D eigenvalue weighted by molar-refractivity contribution is 0.365. The van der Waals surface area contributed by atoms with Crippen molar-refractivity contribution >= 4 is 37.5 Å². The molecule has 0 aromatic heterocycles. The van der Waals surface area contributed by atoms with Crippen LogP contribution in [-0.4, -0.2) is 15.3 Å². The fourth-order valence-electron chi connectivity index (χ4n) is 1.58. The van der Waals surface area contributed by atoms with E-state index < -0.39 is 5.75 Å². The number of anilines is 1. The molecule has 6 heteroatoms. The summed E-state index contributed by atoms with van der Waals surface area (Å²) >= 11 is 6.79. The third-order valence-electron chi connectivity index (χ3n) is 2.61. The second-order valence-electron chi connectivity index (χ2n) is 3.92. The number of phenolic OH excluding ortho intramolecular Hbond substituents is 3. The van der Waals surface area contributed by atoms with Gasteiger partial charge in [0.1, 0.15) is 0 Å². The van der Waals surface area contributed by atoms with Gasteiger partial charge in [0.25, 0.3) is 0 Å². The molecule has 4 N–H and O–H groups in total. The highest BCUT2D eigenvalue weighted by Gasteiger charge is 2.11. The average molecular weight is 389 g/mol. The van der Waals surface area contributed by atoms with Gasteiger partial charge in [-0.25, -0.2) is 0 Å². The van der Waals surface area contributed by atoms with E-state index >= 15 is 0 Å². The summed E-state index contributed by atoms with van der Waals surface area (Å²) in [5.74, 6) is -1.17. The van der Waals surface area contributed by atoms with Gasteiger partial charge in [0.2, 0.25) is 5.75 Å². The Morgan fingerprint density at radius 2 is 1.68 bits per heavy atom. The molecule has 100 valence electrons. The summed E-state index contributed by atoms with van der Waals surface area (Å²) in [6.07, 6.45) is 0. The normalized spacial score (nSPS) is 10.4. The number of halogens is 2. The topological polar surface area (TPSA) is 72.7 Å². The van der Waals surface area contributed by atoms with Gasteiger partial charge < -0.3 is 20.6 Å². The molecule has 4 nitrogen and oxygen atoms in total. The Bertz CT molecular complexity index is 617. The lowest BCUT2D eigenvalue weighted by atomic mass is 10.1. The molecule has 0 radical (unpaired) electrons. The van der Waals surface area contributed by atoms with E-state index in [2.05, 4.69) is 37.2 Å². The van der Waals surface area contributed by atoms with Crippen LogP contribution in [0.1, 0.15) is 5.56 Å². The first-order chi connectivity index (χ1) is 8.99. The SMILES string of the molecule is Oc1ccc(CNc2cc(Br)ccc2Br)c(O)c1O. The predicted molar refractivity (Wildman–Crippen MR) is 80.6 cm³/mol. The fraction of sp³-hybridized carbons (Fsp3) is 0.0769. The number of hydrogen-bond acceptors (Lipinski definition) is 4. The molecule has 0 aliphatic rings. The maximum absolute atomic E-state index is 9.71. The predicted octanol–water partition coefficient (Wildman–Crippen LogP) is 3.94. The van der Waals surface area contributed by atoms with Crippen LogP contribution in [0.3, 0.4) is 0 Å². The molecule has 0 spiro atoms. The standard InChI is InChI=1S/C13H11Br2NO3/c14-8-2-3-9(15)10(5-8)16-6-7-1-4-11(17)13(19)12(7)18/h1-5,16-19H,6H2. The molecule has 0 amide bonds. The highest BCUT2D eigenvalue weighted by Crippen LogP contribution is 2.37. The number of benzene rings is 2. The van der Waals surface area contributed by atoms with Crippen molar-refractivity contribution in [2.45, 2.75) is 6.54 Å². The minimum atomic E-state index is -0.507. The Balaban J connectivity index is 2.19. The van der Waals surface area contributed by atoms with Gasteiger partial charge in [-0.3, -0.25) is 0 Å². The highest BCUT2D eigenvalue weighted by atomic mass is 79.9. The molecular weight excluding hydrogens is 378 g/mol. The van der Waals surface area contributed by atoms with Crippen LogP contribution in [0, 0.1) is 0 Å². The minimum Gasteiger partial charge on any atom is -0.504 e. The first-order valence-electron chi connectivity index (χ1n) is 5.40. The van der Waals surface area contributed by atoms with Crippen LogP contribution in [0.2, 0.25) is 0 Å². The molecule has 0 unspecified atom stereocenters. The van der Waals surface area contributed by atoms with Crippen LogP contribution in [0.4, 0.5) is 5.69 Å². The number of phenols is 3. The Labute approximate surface area is 127 Å². The zero-order chi connectivity index (χ0) is 14.0. The average Bonchev–Trinajstić information content (AvgIpc) is 2.39. The van der Waals surface area contributed by atoms with Crippen LogP contribution in [0.15, 0.2) is 39.3 Å². The van der Waals surface area contributed by atoms with Crippen LogP contribution in [0.25, 0.3) is 0 Å². The molecule has 0 heterocycles. The fourth-order valence-corrected chi connectivity index (χ4v) is 2.32. The maximum Gasteiger partial charge on any atom is 0.200 e. The van der Waals surface area contributed by atoms with Crippen LogP contribution >= 0.6 is 31.9 Å². The summed E-state index contributed by atoms with van der Waals surface area (Å²) in [6, 6.07) is 8.56. The first-order valence-corrected chi connectivity index (χ1v) is 6.99. The van der Waals surface area contributed by atoms with Gasteiger partial charge in [0.15, 0.2) is 11.5 Å². The highest BCUT2D eigenvalue weighted by molar-refractivity contribution is 9.11. The van der Waals surface area contributed by atoms with E-state index in [0.29, 0.717) is 12.1 Å². The maximum atomic E-state index is 9.71. The summed E-state index contributed by atoms with van der Waals surface area (Å²) in [5, 5.41) is 31.5. The molecular formula is C13H11Br2NO3. The second-order valence-corrected chi connectivity index (χ2v) is 5.69. The summed E-state index contributed by atoms with van der Waals surface area (Å²) in [7, 11) is 0. The van der Waals surface area contributed by atoms with Crippen molar-refractivity contribution in [3.05, 3.63) is 44.8 Å². The third kappa shape index (κ3) is 3.13. The van der Waals surface area contributed by atoms with Crippen molar-refractivity contribution < 1.29 is 15.3 Å². The first kappa shape index (κ1) is 14.0. The molecule has 0 atom stereocenters. The van der Waals surface area contributed by atoms with Crippen LogP contribution < -0.4 is 5.32 Å². The lowest BCUT2D eigenvalue weighted by Gasteiger charge is -2.11. The van der Waals surface area contributed by atoms with E-state index in [9.17, 15) is 15.3 Å². The molecule has 0 saturated carbocycles. The Kier molecular flexibility index (Phi) is 4.21. The van der Waals surface area contributed by atoms with Crippen molar-refractivity contribution in [1.82, 2.24) is 0 Å². The number of aromatic hydroxyl groups is 3. The smallest absolute Gasteiger partial charge is 0.200 e. The molecule has 2 rings (SSSR count). The molecule has 2 aromatic rings.